The maximum atomic E-state index is 14.5. The molecule has 168 valence electrons. The van der Waals surface area contributed by atoms with Crippen LogP contribution in [0.25, 0.3) is 5.69 Å². The first-order chi connectivity index (χ1) is 14.7. The monoisotopic (exact) mass is 447 g/mol. The molecule has 1 fully saturated rings. The highest BCUT2D eigenvalue weighted by atomic mass is 32.2. The molecular weight excluding hydrogens is 417 g/mol. The number of aromatic nitrogens is 1. The van der Waals surface area contributed by atoms with E-state index in [1.807, 2.05) is 4.57 Å². The summed E-state index contributed by atoms with van der Waals surface area (Å²) in [5.74, 6) is -0.973. The molecule has 2 aliphatic heterocycles. The summed E-state index contributed by atoms with van der Waals surface area (Å²) < 4.78 is 34.4. The molecule has 1 atom stereocenters. The Morgan fingerprint density at radius 1 is 1.16 bits per heavy atom. The van der Waals surface area contributed by atoms with Crippen molar-refractivity contribution in [1.29, 1.82) is 0 Å². The molecule has 3 heterocycles. The molecule has 0 radical (unpaired) electrons. The summed E-state index contributed by atoms with van der Waals surface area (Å²) in [6.45, 7) is 6.20. The topological polar surface area (TPSA) is 100 Å². The van der Waals surface area contributed by atoms with E-state index in [9.17, 15) is 13.4 Å². The van der Waals surface area contributed by atoms with Gasteiger partial charge in [-0.3, -0.25) is 9.00 Å². The van der Waals surface area contributed by atoms with Crippen molar-refractivity contribution in [1.82, 2.24) is 4.57 Å². The van der Waals surface area contributed by atoms with Crippen LogP contribution < -0.4 is 11.5 Å². The minimum absolute atomic E-state index is 0.0258. The Morgan fingerprint density at radius 2 is 1.87 bits per heavy atom. The molecule has 6 nitrogen and oxygen atoms in total. The van der Waals surface area contributed by atoms with Crippen molar-refractivity contribution in [3.8, 4) is 5.69 Å². The zero-order valence-corrected chi connectivity index (χ0v) is 18.9. The second-order valence-corrected chi connectivity index (χ2v) is 10.7. The maximum Gasteiger partial charge on any atom is 0.253 e. The molecule has 1 unspecified atom stereocenters. The number of nitrogens with two attached hydrogens (primary N) is 2. The van der Waals surface area contributed by atoms with Crippen LogP contribution in [-0.2, 0) is 34.8 Å². The van der Waals surface area contributed by atoms with E-state index in [-0.39, 0.29) is 16.7 Å². The zero-order chi connectivity index (χ0) is 22.3. The van der Waals surface area contributed by atoms with Crippen LogP contribution >= 0.6 is 0 Å². The number of primary amides is 1. The minimum atomic E-state index is -1.06. The van der Waals surface area contributed by atoms with Crippen molar-refractivity contribution < 1.29 is 18.1 Å². The minimum Gasteiger partial charge on any atom is -0.398 e. The molecule has 5 rings (SSSR count). The van der Waals surface area contributed by atoms with Gasteiger partial charge in [0.05, 0.1) is 26.9 Å². The Hall–Kier alpha value is -2.19. The van der Waals surface area contributed by atoms with E-state index in [2.05, 4.69) is 13.8 Å². The summed E-state index contributed by atoms with van der Waals surface area (Å²) in [6.07, 6.45) is 6.07. The van der Waals surface area contributed by atoms with E-state index in [0.717, 1.165) is 60.7 Å². The number of anilines is 1. The van der Waals surface area contributed by atoms with Gasteiger partial charge in [0.2, 0.25) is 0 Å². The third-order valence-corrected chi connectivity index (χ3v) is 8.08. The average molecular weight is 448 g/mol. The van der Waals surface area contributed by atoms with E-state index in [4.69, 9.17) is 16.2 Å². The summed E-state index contributed by atoms with van der Waals surface area (Å²) in [5.41, 5.74) is 14.6. The molecule has 8 heteroatoms. The fourth-order valence-electron chi connectivity index (χ4n) is 4.84. The molecule has 1 aliphatic carbocycles. The van der Waals surface area contributed by atoms with Crippen LogP contribution in [-0.4, -0.2) is 33.6 Å². The van der Waals surface area contributed by atoms with Crippen molar-refractivity contribution in [3.05, 3.63) is 40.5 Å². The van der Waals surface area contributed by atoms with Gasteiger partial charge in [0.25, 0.3) is 5.91 Å². The van der Waals surface area contributed by atoms with Gasteiger partial charge >= 0.3 is 0 Å². The van der Waals surface area contributed by atoms with Crippen molar-refractivity contribution in [2.45, 2.75) is 57.3 Å². The van der Waals surface area contributed by atoms with Crippen LogP contribution in [0.4, 0.5) is 10.1 Å². The number of hydrogen-bond donors (Lipinski definition) is 2. The van der Waals surface area contributed by atoms with Crippen LogP contribution in [0.15, 0.2) is 17.0 Å². The van der Waals surface area contributed by atoms with Crippen LogP contribution in [0.3, 0.4) is 0 Å². The highest BCUT2D eigenvalue weighted by molar-refractivity contribution is 7.85. The number of halogens is 1. The SMILES string of the molecule is C1CCOC1.CC1(C)Cc2c(c3c(n2-c2cc(N)c(C(N)=O)c(F)c2)CCC3)S(=O)C1. The molecule has 0 spiro atoms. The number of hydrogen-bond acceptors (Lipinski definition) is 4. The van der Waals surface area contributed by atoms with Crippen molar-refractivity contribution in [3.63, 3.8) is 0 Å². The number of carbonyl (C=O) groups excluding carboxylic acids is 1. The molecule has 0 saturated carbocycles. The standard InChI is InChI=1S/C19H22FN3O2S.C4H8O/c1-19(2)8-15-17(26(25)9-19)11-4-3-5-14(11)23(15)10-6-12(20)16(18(22)24)13(21)7-10;1-2-4-5-3-1/h6-7H,3-5,8-9,21H2,1-2H3,(H2,22,24);1-4H2. The Labute approximate surface area is 184 Å². The van der Waals surface area contributed by atoms with Crippen LogP contribution in [0.2, 0.25) is 0 Å². The van der Waals surface area contributed by atoms with Gasteiger partial charge in [-0.1, -0.05) is 13.8 Å². The molecule has 0 bridgehead atoms. The lowest BCUT2D eigenvalue weighted by molar-refractivity contribution is 0.0997. The van der Waals surface area contributed by atoms with Gasteiger partial charge in [-0.2, -0.15) is 0 Å². The van der Waals surface area contributed by atoms with E-state index >= 15 is 0 Å². The van der Waals surface area contributed by atoms with E-state index in [1.54, 1.807) is 6.07 Å². The lowest BCUT2D eigenvalue weighted by atomic mass is 9.89. The number of benzene rings is 1. The Kier molecular flexibility index (Phi) is 5.96. The number of nitrogens with zero attached hydrogens (tertiary/aromatic N) is 1. The molecule has 31 heavy (non-hydrogen) atoms. The Balaban J connectivity index is 0.000000407. The van der Waals surface area contributed by atoms with E-state index in [0.29, 0.717) is 11.4 Å². The highest BCUT2D eigenvalue weighted by Crippen LogP contribution is 2.43. The smallest absolute Gasteiger partial charge is 0.253 e. The fraction of sp³-hybridized carbons (Fsp3) is 0.522. The number of nitrogen functional groups attached to an aromatic ring is 1. The second kappa shape index (κ2) is 8.39. The quantitative estimate of drug-likeness (QED) is 0.690. The zero-order valence-electron chi connectivity index (χ0n) is 18.1. The molecule has 1 amide bonds. The maximum absolute atomic E-state index is 14.5. The number of amides is 1. The van der Waals surface area contributed by atoms with E-state index in [1.165, 1.54) is 18.9 Å². The molecule has 1 aromatic heterocycles. The van der Waals surface area contributed by atoms with Crippen molar-refractivity contribution in [2.24, 2.45) is 11.1 Å². The average Bonchev–Trinajstić information content (AvgIpc) is 3.38. The predicted octanol–water partition coefficient (Wildman–Crippen LogP) is 3.27. The fourth-order valence-corrected chi connectivity index (χ4v) is 6.72. The molecular formula is C23H30FN3O3S. The largest absolute Gasteiger partial charge is 0.398 e. The lowest BCUT2D eigenvalue weighted by Gasteiger charge is -2.30. The van der Waals surface area contributed by atoms with Gasteiger partial charge in [0, 0.05) is 36.0 Å². The molecule has 4 N–H and O–H groups in total. The van der Waals surface area contributed by atoms with Gasteiger partial charge < -0.3 is 20.8 Å². The van der Waals surface area contributed by atoms with Gasteiger partial charge in [-0.25, -0.2) is 4.39 Å². The highest BCUT2D eigenvalue weighted by Gasteiger charge is 2.38. The summed E-state index contributed by atoms with van der Waals surface area (Å²) in [5, 5.41) is 0. The number of rotatable bonds is 2. The summed E-state index contributed by atoms with van der Waals surface area (Å²) in [4.78, 5) is 12.4. The van der Waals surface area contributed by atoms with E-state index < -0.39 is 22.5 Å². The number of fused-ring (bicyclic) bond motifs is 3. The summed E-state index contributed by atoms with van der Waals surface area (Å²) in [7, 11) is -1.06. The normalized spacial score (nSPS) is 21.2. The summed E-state index contributed by atoms with van der Waals surface area (Å²) >= 11 is 0. The first-order valence-electron chi connectivity index (χ1n) is 10.8. The van der Waals surface area contributed by atoms with Gasteiger partial charge in [-0.15, -0.1) is 0 Å². The second-order valence-electron chi connectivity index (χ2n) is 9.30. The van der Waals surface area contributed by atoms with Crippen LogP contribution in [0, 0.1) is 11.2 Å². The predicted molar refractivity (Wildman–Crippen MR) is 119 cm³/mol. The van der Waals surface area contributed by atoms with Crippen molar-refractivity contribution >= 4 is 22.4 Å². The van der Waals surface area contributed by atoms with Crippen LogP contribution in [0.5, 0.6) is 0 Å². The van der Waals surface area contributed by atoms with Gasteiger partial charge in [0.15, 0.2) is 0 Å². The number of ether oxygens (including phenoxy) is 1. The lowest BCUT2D eigenvalue weighted by Crippen LogP contribution is -2.30. The Morgan fingerprint density at radius 3 is 2.45 bits per heavy atom. The van der Waals surface area contributed by atoms with Crippen LogP contribution in [0.1, 0.15) is 60.4 Å². The summed E-state index contributed by atoms with van der Waals surface area (Å²) in [6, 6.07) is 2.90. The third-order valence-electron chi connectivity index (χ3n) is 6.10. The van der Waals surface area contributed by atoms with Gasteiger partial charge in [-0.05, 0) is 61.6 Å². The first-order valence-corrected chi connectivity index (χ1v) is 12.1. The first kappa shape index (κ1) is 22.0. The van der Waals surface area contributed by atoms with Gasteiger partial charge in [0.1, 0.15) is 5.82 Å². The molecule has 2 aromatic rings. The number of carbonyl (C=O) groups is 1. The third kappa shape index (κ3) is 4.15. The Bertz CT molecular complexity index is 1030. The molecule has 3 aliphatic rings. The van der Waals surface area contributed by atoms with Crippen molar-refractivity contribution in [2.75, 3.05) is 24.7 Å². The molecule has 1 aromatic carbocycles. The molecule has 1 saturated heterocycles.